The van der Waals surface area contributed by atoms with Crippen LogP contribution in [-0.4, -0.2) is 37.5 Å². The number of hydrogen-bond donors (Lipinski definition) is 2. The Labute approximate surface area is 119 Å². The van der Waals surface area contributed by atoms with Crippen molar-refractivity contribution < 1.29 is 13.2 Å². The third-order valence-electron chi connectivity index (χ3n) is 2.79. The summed E-state index contributed by atoms with van der Waals surface area (Å²) >= 11 is 5.56. The molecule has 1 aromatic carbocycles. The first kappa shape index (κ1) is 14.9. The topological polar surface area (TPSA) is 39.7 Å². The van der Waals surface area contributed by atoms with Crippen LogP contribution in [0.15, 0.2) is 23.2 Å². The number of likely N-dealkylation sites (N-methyl/N-ethyl adjacent to an activating group) is 1. The fourth-order valence-electron chi connectivity index (χ4n) is 1.78. The molecule has 2 N–H and O–H groups in total. The van der Waals surface area contributed by atoms with Crippen LogP contribution in [0.5, 0.6) is 0 Å². The average Bonchev–Trinajstić information content (AvgIpc) is 2.36. The minimum Gasteiger partial charge on any atom is -0.378 e. The molecule has 0 bridgehead atoms. The third kappa shape index (κ3) is 3.77. The predicted octanol–water partition coefficient (Wildman–Crippen LogP) is 2.62. The van der Waals surface area contributed by atoms with E-state index in [-0.39, 0.29) is 5.02 Å². The largest absolute Gasteiger partial charge is 0.417 e. The molecule has 110 valence electrons. The van der Waals surface area contributed by atoms with Gasteiger partial charge in [0.2, 0.25) is 0 Å². The number of amidine groups is 1. The zero-order valence-corrected chi connectivity index (χ0v) is 11.5. The van der Waals surface area contributed by atoms with Crippen LogP contribution in [0.25, 0.3) is 0 Å². The van der Waals surface area contributed by atoms with Gasteiger partial charge in [0.15, 0.2) is 0 Å². The van der Waals surface area contributed by atoms with Crippen LogP contribution in [0.1, 0.15) is 5.56 Å². The number of rotatable bonds is 3. The molecule has 0 saturated heterocycles. The van der Waals surface area contributed by atoms with Gasteiger partial charge in [0.1, 0.15) is 5.84 Å². The molecular formula is C12H14ClF3N4. The van der Waals surface area contributed by atoms with Crippen LogP contribution in [-0.2, 0) is 6.18 Å². The molecule has 0 unspecified atom stereocenters. The van der Waals surface area contributed by atoms with Gasteiger partial charge in [0, 0.05) is 19.3 Å². The van der Waals surface area contributed by atoms with E-state index in [9.17, 15) is 13.2 Å². The first-order valence-electron chi connectivity index (χ1n) is 5.98. The standard InChI is InChI=1S/C12H14ClF3N4/c1-20-5-4-17-11(19-20)7-18-8-2-3-10(13)9(6-8)12(14,15)16/h2-3,6,18H,4-5,7H2,1H3,(H,17,19). The van der Waals surface area contributed by atoms with E-state index in [4.69, 9.17) is 11.6 Å². The van der Waals surface area contributed by atoms with E-state index in [1.807, 2.05) is 12.1 Å². The molecule has 0 amide bonds. The molecule has 8 heteroatoms. The smallest absolute Gasteiger partial charge is 0.378 e. The van der Waals surface area contributed by atoms with Crippen molar-refractivity contribution in [1.82, 2.24) is 10.4 Å². The summed E-state index contributed by atoms with van der Waals surface area (Å²) in [5, 5.41) is 4.45. The number of nitrogens with zero attached hydrogens (tertiary/aromatic N) is 2. The van der Waals surface area contributed by atoms with Gasteiger partial charge < -0.3 is 10.7 Å². The SMILES string of the molecule is CN1CCN=C(CNc2ccc(Cl)c(C(F)(F)F)c2)N1. The third-order valence-corrected chi connectivity index (χ3v) is 3.12. The van der Waals surface area contributed by atoms with Crippen LogP contribution >= 0.6 is 11.6 Å². The molecule has 0 spiro atoms. The summed E-state index contributed by atoms with van der Waals surface area (Å²) in [7, 11) is 1.87. The molecule has 0 aliphatic carbocycles. The fourth-order valence-corrected chi connectivity index (χ4v) is 2.00. The van der Waals surface area contributed by atoms with Crippen LogP contribution < -0.4 is 10.7 Å². The lowest BCUT2D eigenvalue weighted by Crippen LogP contribution is -2.47. The summed E-state index contributed by atoms with van der Waals surface area (Å²) in [6, 6.07) is 3.73. The van der Waals surface area contributed by atoms with Gasteiger partial charge >= 0.3 is 6.18 Å². The van der Waals surface area contributed by atoms with Gasteiger partial charge in [0.05, 0.1) is 23.7 Å². The first-order chi connectivity index (χ1) is 9.36. The Morgan fingerprint density at radius 2 is 2.20 bits per heavy atom. The highest BCUT2D eigenvalue weighted by molar-refractivity contribution is 6.31. The number of hydrogen-bond acceptors (Lipinski definition) is 4. The molecule has 0 fully saturated rings. The minimum atomic E-state index is -4.46. The molecule has 4 nitrogen and oxygen atoms in total. The minimum absolute atomic E-state index is 0.309. The maximum atomic E-state index is 12.7. The molecule has 1 heterocycles. The Bertz CT molecular complexity index is 516. The van der Waals surface area contributed by atoms with E-state index in [0.717, 1.165) is 12.6 Å². The highest BCUT2D eigenvalue weighted by atomic mass is 35.5. The molecule has 2 rings (SSSR count). The van der Waals surface area contributed by atoms with Gasteiger partial charge in [-0.15, -0.1) is 0 Å². The van der Waals surface area contributed by atoms with Crippen molar-refractivity contribution in [2.24, 2.45) is 4.99 Å². The normalized spacial score (nSPS) is 16.6. The van der Waals surface area contributed by atoms with Gasteiger partial charge in [-0.1, -0.05) is 11.6 Å². The average molecular weight is 307 g/mol. The summed E-state index contributed by atoms with van der Waals surface area (Å²) < 4.78 is 38.2. The van der Waals surface area contributed by atoms with E-state index < -0.39 is 11.7 Å². The molecular weight excluding hydrogens is 293 g/mol. The maximum Gasteiger partial charge on any atom is 0.417 e. The van der Waals surface area contributed by atoms with Gasteiger partial charge in [-0.05, 0) is 18.2 Å². The Morgan fingerprint density at radius 1 is 1.45 bits per heavy atom. The molecule has 1 aliphatic heterocycles. The molecule has 1 aliphatic rings. The lowest BCUT2D eigenvalue weighted by molar-refractivity contribution is -0.137. The number of anilines is 1. The van der Waals surface area contributed by atoms with Crippen molar-refractivity contribution in [3.05, 3.63) is 28.8 Å². The Balaban J connectivity index is 2.05. The van der Waals surface area contributed by atoms with Gasteiger partial charge in [-0.2, -0.15) is 13.2 Å². The molecule has 0 saturated carbocycles. The van der Waals surface area contributed by atoms with Gasteiger partial charge in [0.25, 0.3) is 0 Å². The summed E-state index contributed by atoms with van der Waals surface area (Å²) in [5.74, 6) is 0.683. The number of hydrazine groups is 1. The Morgan fingerprint density at radius 3 is 2.85 bits per heavy atom. The van der Waals surface area contributed by atoms with Crippen LogP contribution in [0.4, 0.5) is 18.9 Å². The van der Waals surface area contributed by atoms with Crippen molar-refractivity contribution >= 4 is 23.1 Å². The van der Waals surface area contributed by atoms with E-state index in [2.05, 4.69) is 15.7 Å². The zero-order chi connectivity index (χ0) is 14.8. The summed E-state index contributed by atoms with van der Waals surface area (Å²) in [6.07, 6.45) is -4.46. The second kappa shape index (κ2) is 5.88. The van der Waals surface area contributed by atoms with E-state index in [0.29, 0.717) is 24.6 Å². The summed E-state index contributed by atoms with van der Waals surface area (Å²) in [5.41, 5.74) is 2.51. The quantitative estimate of drug-likeness (QED) is 0.902. The number of aliphatic imine (C=N–C) groups is 1. The number of halogens is 4. The van der Waals surface area contributed by atoms with Crippen molar-refractivity contribution in [3.63, 3.8) is 0 Å². The van der Waals surface area contributed by atoms with E-state index in [1.165, 1.54) is 12.1 Å². The van der Waals surface area contributed by atoms with Gasteiger partial charge in [-0.25, -0.2) is 5.01 Å². The Hall–Kier alpha value is -1.47. The van der Waals surface area contributed by atoms with E-state index >= 15 is 0 Å². The highest BCUT2D eigenvalue weighted by Crippen LogP contribution is 2.36. The van der Waals surface area contributed by atoms with Crippen molar-refractivity contribution in [1.29, 1.82) is 0 Å². The second-order valence-electron chi connectivity index (χ2n) is 4.41. The fraction of sp³-hybridized carbons (Fsp3) is 0.417. The number of nitrogens with one attached hydrogen (secondary N) is 2. The predicted molar refractivity (Wildman–Crippen MR) is 73.0 cm³/mol. The number of benzene rings is 1. The Kier molecular flexibility index (Phi) is 4.39. The first-order valence-corrected chi connectivity index (χ1v) is 6.36. The lowest BCUT2D eigenvalue weighted by Gasteiger charge is -2.24. The van der Waals surface area contributed by atoms with Crippen LogP contribution in [0.2, 0.25) is 5.02 Å². The monoisotopic (exact) mass is 306 g/mol. The highest BCUT2D eigenvalue weighted by Gasteiger charge is 2.33. The zero-order valence-electron chi connectivity index (χ0n) is 10.8. The van der Waals surface area contributed by atoms with Crippen molar-refractivity contribution in [3.8, 4) is 0 Å². The van der Waals surface area contributed by atoms with Crippen LogP contribution in [0, 0.1) is 0 Å². The van der Waals surface area contributed by atoms with Crippen molar-refractivity contribution in [2.45, 2.75) is 6.18 Å². The van der Waals surface area contributed by atoms with Gasteiger partial charge in [-0.3, -0.25) is 4.99 Å². The van der Waals surface area contributed by atoms with E-state index in [1.54, 1.807) is 0 Å². The summed E-state index contributed by atoms with van der Waals surface area (Å²) in [6.45, 7) is 1.78. The number of alkyl halides is 3. The maximum absolute atomic E-state index is 12.7. The molecule has 0 aromatic heterocycles. The van der Waals surface area contributed by atoms with Crippen LogP contribution in [0.3, 0.4) is 0 Å². The molecule has 0 radical (unpaired) electrons. The van der Waals surface area contributed by atoms with Crippen molar-refractivity contribution in [2.75, 3.05) is 32.0 Å². The summed E-state index contributed by atoms with van der Waals surface area (Å²) in [4.78, 5) is 4.24. The molecule has 20 heavy (non-hydrogen) atoms. The molecule has 0 atom stereocenters. The lowest BCUT2D eigenvalue weighted by atomic mass is 10.2. The second-order valence-corrected chi connectivity index (χ2v) is 4.81. The molecule has 1 aromatic rings.